The summed E-state index contributed by atoms with van der Waals surface area (Å²) in [5, 5.41) is 17.9. The number of rotatable bonds is 7. The molecule has 0 bridgehead atoms. The van der Waals surface area contributed by atoms with Crippen molar-refractivity contribution >= 4 is 67.2 Å². The van der Waals surface area contributed by atoms with Gasteiger partial charge in [0.15, 0.2) is 12.4 Å². The first-order chi connectivity index (χ1) is 20.8. The van der Waals surface area contributed by atoms with Gasteiger partial charge in [0.1, 0.15) is 5.58 Å². The second kappa shape index (κ2) is 12.0. The zero-order chi connectivity index (χ0) is 30.1. The fraction of sp³-hybridized carbons (Fsp3) is 0.172. The quantitative estimate of drug-likeness (QED) is 0.130. The van der Waals surface area contributed by atoms with Crippen LogP contribution in [0.15, 0.2) is 79.4 Å². The molecule has 0 saturated carbocycles. The number of carbonyl (C=O) groups is 1. The van der Waals surface area contributed by atoms with E-state index in [9.17, 15) is 19.7 Å². The summed E-state index contributed by atoms with van der Waals surface area (Å²) in [6, 6.07) is 16.4. The van der Waals surface area contributed by atoms with Crippen LogP contribution in [-0.4, -0.2) is 64.5 Å². The number of nitro groups is 1. The van der Waals surface area contributed by atoms with Crippen LogP contribution >= 0.6 is 27.5 Å². The average molecular weight is 667 g/mol. The largest absolute Gasteiger partial charge is 0.476 e. The number of carbonyl (C=O) groups excluding carboxylic acids is 1. The predicted molar refractivity (Wildman–Crippen MR) is 163 cm³/mol. The maximum Gasteiger partial charge on any atom is 0.312 e. The molecule has 2 aromatic heterocycles. The van der Waals surface area contributed by atoms with E-state index in [-0.39, 0.29) is 45.6 Å². The smallest absolute Gasteiger partial charge is 0.312 e. The Morgan fingerprint density at radius 2 is 1.95 bits per heavy atom. The lowest BCUT2D eigenvalue weighted by molar-refractivity contribution is -0.385. The van der Waals surface area contributed by atoms with Crippen LogP contribution in [0.5, 0.6) is 5.75 Å². The second-order valence-corrected chi connectivity index (χ2v) is 10.8. The number of benzene rings is 3. The Hall–Kier alpha value is -4.59. The first-order valence-corrected chi connectivity index (χ1v) is 14.2. The number of aromatic nitrogens is 2. The van der Waals surface area contributed by atoms with E-state index in [2.05, 4.69) is 26.0 Å². The van der Waals surface area contributed by atoms with Gasteiger partial charge >= 0.3 is 5.69 Å². The minimum atomic E-state index is -0.620. The molecule has 3 heterocycles. The summed E-state index contributed by atoms with van der Waals surface area (Å²) < 4.78 is 18.1. The van der Waals surface area contributed by atoms with Crippen LogP contribution in [0.25, 0.3) is 33.5 Å². The highest BCUT2D eigenvalue weighted by Crippen LogP contribution is 2.36. The van der Waals surface area contributed by atoms with Crippen LogP contribution in [0.2, 0.25) is 5.02 Å². The molecular formula is C29H21BrClN5O7. The molecule has 43 heavy (non-hydrogen) atoms. The van der Waals surface area contributed by atoms with Crippen molar-refractivity contribution < 1.29 is 23.6 Å². The van der Waals surface area contributed by atoms with E-state index < -0.39 is 10.5 Å². The monoisotopic (exact) mass is 665 g/mol. The Kier molecular flexibility index (Phi) is 7.93. The van der Waals surface area contributed by atoms with Gasteiger partial charge in [0.05, 0.1) is 39.7 Å². The number of nitrogens with zero attached hydrogens (tertiary/aromatic N) is 5. The number of furan rings is 1. The minimum Gasteiger partial charge on any atom is -0.476 e. The van der Waals surface area contributed by atoms with Gasteiger partial charge in [-0.1, -0.05) is 23.7 Å². The molecule has 1 amide bonds. The van der Waals surface area contributed by atoms with Crippen molar-refractivity contribution in [2.24, 2.45) is 5.10 Å². The molecule has 0 atom stereocenters. The highest BCUT2D eigenvalue weighted by Gasteiger charge is 2.24. The van der Waals surface area contributed by atoms with Crippen LogP contribution in [0.3, 0.4) is 0 Å². The zero-order valence-electron chi connectivity index (χ0n) is 22.2. The molecule has 1 aliphatic heterocycles. The van der Waals surface area contributed by atoms with Crippen LogP contribution < -0.4 is 10.3 Å². The SMILES string of the molecule is O=C(COc1c(Br)cc(C=Nn2c(-c3cc4cc(Cl)ccc4o3)nc3ccccc3c2=O)cc1[N+](=O)[O-])N1CCOCC1. The van der Waals surface area contributed by atoms with Crippen molar-refractivity contribution in [2.45, 2.75) is 0 Å². The van der Waals surface area contributed by atoms with E-state index in [1.165, 1.54) is 18.3 Å². The van der Waals surface area contributed by atoms with E-state index in [0.29, 0.717) is 53.2 Å². The topological polar surface area (TPSA) is 142 Å². The van der Waals surface area contributed by atoms with Gasteiger partial charge in [-0.15, -0.1) is 0 Å². The van der Waals surface area contributed by atoms with Crippen molar-refractivity contribution in [3.8, 4) is 17.3 Å². The molecule has 14 heteroatoms. The first-order valence-electron chi connectivity index (χ1n) is 13.0. The number of morpholine rings is 1. The van der Waals surface area contributed by atoms with Crippen molar-refractivity contribution in [3.05, 3.63) is 96.2 Å². The Balaban J connectivity index is 1.37. The van der Waals surface area contributed by atoms with Gasteiger partial charge in [-0.3, -0.25) is 19.7 Å². The molecule has 5 aromatic rings. The standard InChI is InChI=1S/C29H21BrClN5O7/c30-21-11-17(12-23(36(39)40)27(21)42-16-26(37)34-7-9-41-10-8-34)15-32-35-28(33-22-4-2-1-3-20(22)29(35)38)25-14-18-13-19(31)5-6-24(18)43-25/h1-6,11-15H,7-10,16H2. The highest BCUT2D eigenvalue weighted by atomic mass is 79.9. The Morgan fingerprint density at radius 3 is 2.74 bits per heavy atom. The number of hydrogen-bond acceptors (Lipinski definition) is 9. The van der Waals surface area contributed by atoms with Gasteiger partial charge in [0.25, 0.3) is 11.5 Å². The highest BCUT2D eigenvalue weighted by molar-refractivity contribution is 9.10. The van der Waals surface area contributed by atoms with Crippen molar-refractivity contribution in [3.63, 3.8) is 0 Å². The van der Waals surface area contributed by atoms with Gasteiger partial charge < -0.3 is 18.8 Å². The van der Waals surface area contributed by atoms with E-state index >= 15 is 0 Å². The van der Waals surface area contributed by atoms with Crippen molar-refractivity contribution in [1.29, 1.82) is 0 Å². The summed E-state index contributed by atoms with van der Waals surface area (Å²) in [5.74, 6) is -0.00541. The second-order valence-electron chi connectivity index (χ2n) is 9.50. The molecular weight excluding hydrogens is 646 g/mol. The first kappa shape index (κ1) is 28.5. The molecule has 1 saturated heterocycles. The summed E-state index contributed by atoms with van der Waals surface area (Å²) in [6.07, 6.45) is 1.29. The number of nitro benzene ring substituents is 1. The molecule has 218 valence electrons. The molecule has 1 aliphatic rings. The molecule has 0 aliphatic carbocycles. The molecule has 6 rings (SSSR count). The lowest BCUT2D eigenvalue weighted by atomic mass is 10.2. The van der Waals surface area contributed by atoms with Gasteiger partial charge in [-0.25, -0.2) is 4.98 Å². The third kappa shape index (κ3) is 5.87. The average Bonchev–Trinajstić information content (AvgIpc) is 3.43. The van der Waals surface area contributed by atoms with Crippen molar-refractivity contribution in [2.75, 3.05) is 32.9 Å². The number of ether oxygens (including phenoxy) is 2. The molecule has 0 unspecified atom stereocenters. The number of amides is 1. The maximum absolute atomic E-state index is 13.6. The summed E-state index contributed by atoms with van der Waals surface area (Å²) in [4.78, 5) is 43.6. The molecule has 0 spiro atoms. The van der Waals surface area contributed by atoms with E-state index in [1.807, 2.05) is 0 Å². The van der Waals surface area contributed by atoms with Gasteiger partial charge in [0.2, 0.25) is 11.6 Å². The van der Waals surface area contributed by atoms with Gasteiger partial charge in [0, 0.05) is 35.1 Å². The fourth-order valence-electron chi connectivity index (χ4n) is 4.63. The number of para-hydroxylation sites is 1. The molecule has 12 nitrogen and oxygen atoms in total. The normalized spacial score (nSPS) is 13.7. The number of halogens is 2. The van der Waals surface area contributed by atoms with E-state index in [1.54, 1.807) is 53.4 Å². The molecule has 0 N–H and O–H groups in total. The third-order valence-electron chi connectivity index (χ3n) is 6.72. The van der Waals surface area contributed by atoms with Crippen LogP contribution in [-0.2, 0) is 9.53 Å². The zero-order valence-corrected chi connectivity index (χ0v) is 24.6. The summed E-state index contributed by atoms with van der Waals surface area (Å²) in [6.45, 7) is 1.32. The molecule has 3 aromatic carbocycles. The van der Waals surface area contributed by atoms with Crippen molar-refractivity contribution in [1.82, 2.24) is 14.6 Å². The fourth-order valence-corrected chi connectivity index (χ4v) is 5.39. The summed E-state index contributed by atoms with van der Waals surface area (Å²) >= 11 is 9.46. The Labute approximate surface area is 256 Å². The summed E-state index contributed by atoms with van der Waals surface area (Å²) in [7, 11) is 0. The van der Waals surface area contributed by atoms with Gasteiger partial charge in [-0.05, 0) is 58.4 Å². The minimum absolute atomic E-state index is 0.102. The van der Waals surface area contributed by atoms with Crippen LogP contribution in [0, 0.1) is 10.1 Å². The third-order valence-corrected chi connectivity index (χ3v) is 7.55. The maximum atomic E-state index is 13.6. The van der Waals surface area contributed by atoms with E-state index in [4.69, 9.17) is 25.5 Å². The Morgan fingerprint density at radius 1 is 1.16 bits per heavy atom. The lowest BCUT2D eigenvalue weighted by Gasteiger charge is -2.26. The van der Waals surface area contributed by atoms with Crippen LogP contribution in [0.4, 0.5) is 5.69 Å². The summed E-state index contributed by atoms with van der Waals surface area (Å²) in [5.41, 5.74) is 0.417. The Bertz CT molecular complexity index is 1980. The number of fused-ring (bicyclic) bond motifs is 2. The van der Waals surface area contributed by atoms with E-state index in [0.717, 1.165) is 4.68 Å². The lowest BCUT2D eigenvalue weighted by Crippen LogP contribution is -2.43. The predicted octanol–water partition coefficient (Wildman–Crippen LogP) is 5.25. The number of hydrogen-bond donors (Lipinski definition) is 0. The van der Waals surface area contributed by atoms with Gasteiger partial charge in [-0.2, -0.15) is 9.78 Å². The molecule has 0 radical (unpaired) electrons. The molecule has 1 fully saturated rings. The van der Waals surface area contributed by atoms with Crippen LogP contribution in [0.1, 0.15) is 5.56 Å².